The average molecular weight is 238 g/mol. The molecule has 0 N–H and O–H groups in total. The molecule has 0 radical (unpaired) electrons. The monoisotopic (exact) mass is 238 g/mol. The predicted octanol–water partition coefficient (Wildman–Crippen LogP) is 3.06. The minimum Gasteiger partial charge on any atom is -0.444 e. The van der Waals surface area contributed by atoms with Crippen LogP contribution in [0, 0.1) is 17.8 Å². The highest BCUT2D eigenvalue weighted by atomic mass is 16.9. The lowest BCUT2D eigenvalue weighted by molar-refractivity contribution is -0.349. The second kappa shape index (κ2) is 4.29. The van der Waals surface area contributed by atoms with E-state index >= 15 is 0 Å². The fourth-order valence-corrected chi connectivity index (χ4v) is 3.78. The number of ether oxygens (including phenoxy) is 3. The van der Waals surface area contributed by atoms with E-state index in [4.69, 9.17) is 14.2 Å². The molecule has 3 aliphatic rings. The third-order valence-corrected chi connectivity index (χ3v) is 4.36. The van der Waals surface area contributed by atoms with Crippen molar-refractivity contribution in [3.05, 3.63) is 11.8 Å². The number of hydrogen-bond donors (Lipinski definition) is 0. The van der Waals surface area contributed by atoms with Gasteiger partial charge in [-0.2, -0.15) is 0 Å². The molecule has 0 aromatic heterocycles. The highest BCUT2D eigenvalue weighted by Gasteiger charge is 2.54. The van der Waals surface area contributed by atoms with Crippen LogP contribution in [0.4, 0.5) is 0 Å². The summed E-state index contributed by atoms with van der Waals surface area (Å²) < 4.78 is 17.5. The second-order valence-corrected chi connectivity index (χ2v) is 5.29. The smallest absolute Gasteiger partial charge is 0.327 e. The summed E-state index contributed by atoms with van der Waals surface area (Å²) in [6.07, 6.45) is 7.26. The van der Waals surface area contributed by atoms with Crippen molar-refractivity contribution in [2.45, 2.75) is 45.5 Å². The van der Waals surface area contributed by atoms with Crippen LogP contribution < -0.4 is 0 Å². The van der Waals surface area contributed by atoms with Gasteiger partial charge in [0.15, 0.2) is 0 Å². The first-order chi connectivity index (χ1) is 8.28. The molecule has 3 atom stereocenters. The van der Waals surface area contributed by atoms with Gasteiger partial charge in [0.2, 0.25) is 0 Å². The third-order valence-electron chi connectivity index (χ3n) is 4.36. The molecular weight excluding hydrogens is 216 g/mol. The first-order valence-electron chi connectivity index (χ1n) is 6.96. The highest BCUT2D eigenvalue weighted by molar-refractivity contribution is 5.19. The lowest BCUT2D eigenvalue weighted by Crippen LogP contribution is -2.36. The van der Waals surface area contributed by atoms with Gasteiger partial charge in [-0.3, -0.25) is 0 Å². The summed E-state index contributed by atoms with van der Waals surface area (Å²) in [6, 6.07) is 0. The van der Waals surface area contributed by atoms with Crippen LogP contribution in [-0.4, -0.2) is 19.2 Å². The molecule has 2 fully saturated rings. The Morgan fingerprint density at radius 3 is 2.76 bits per heavy atom. The Bertz CT molecular complexity index is 317. The van der Waals surface area contributed by atoms with Crippen LogP contribution in [0.2, 0.25) is 0 Å². The summed E-state index contributed by atoms with van der Waals surface area (Å²) in [5.74, 6) is 2.44. The van der Waals surface area contributed by atoms with Crippen LogP contribution in [-0.2, 0) is 14.2 Å². The molecule has 1 aliphatic heterocycles. The van der Waals surface area contributed by atoms with Crippen molar-refractivity contribution in [3.8, 4) is 0 Å². The Morgan fingerprint density at radius 1 is 1.29 bits per heavy atom. The van der Waals surface area contributed by atoms with Crippen molar-refractivity contribution in [3.63, 3.8) is 0 Å². The Kier molecular flexibility index (Phi) is 2.91. The summed E-state index contributed by atoms with van der Waals surface area (Å²) in [5.41, 5.74) is 0. The molecule has 1 saturated carbocycles. The molecule has 2 aliphatic carbocycles. The summed E-state index contributed by atoms with van der Waals surface area (Å²) in [5, 5.41) is 0. The Hall–Kier alpha value is -0.540. The molecule has 0 aromatic carbocycles. The molecule has 0 unspecified atom stereocenters. The maximum absolute atomic E-state index is 6.01. The number of allylic oxidation sites excluding steroid dienone is 2. The van der Waals surface area contributed by atoms with Crippen molar-refractivity contribution < 1.29 is 14.2 Å². The van der Waals surface area contributed by atoms with E-state index in [0.717, 1.165) is 24.0 Å². The van der Waals surface area contributed by atoms with Crippen LogP contribution in [0.25, 0.3) is 0 Å². The van der Waals surface area contributed by atoms with E-state index in [-0.39, 0.29) is 0 Å². The SMILES string of the molecule is CCOC1(OCC)C[C@H]2C(=C[C@@H]3CCC[C@@H]32)O1. The molecular formula is C14H22O3. The van der Waals surface area contributed by atoms with Crippen LogP contribution in [0.1, 0.15) is 39.5 Å². The maximum Gasteiger partial charge on any atom is 0.327 e. The lowest BCUT2D eigenvalue weighted by atomic mass is 9.88. The van der Waals surface area contributed by atoms with E-state index in [1.807, 2.05) is 13.8 Å². The molecule has 3 nitrogen and oxygen atoms in total. The van der Waals surface area contributed by atoms with Gasteiger partial charge in [0, 0.05) is 5.92 Å². The second-order valence-electron chi connectivity index (χ2n) is 5.29. The van der Waals surface area contributed by atoms with E-state index in [0.29, 0.717) is 19.1 Å². The van der Waals surface area contributed by atoms with E-state index in [2.05, 4.69) is 6.08 Å². The Labute approximate surface area is 103 Å². The minimum absolute atomic E-state index is 0.542. The summed E-state index contributed by atoms with van der Waals surface area (Å²) in [4.78, 5) is 0. The Morgan fingerprint density at radius 2 is 2.06 bits per heavy atom. The van der Waals surface area contributed by atoms with E-state index in [1.54, 1.807) is 0 Å². The lowest BCUT2D eigenvalue weighted by Gasteiger charge is -2.28. The quantitative estimate of drug-likeness (QED) is 0.704. The minimum atomic E-state index is -0.784. The van der Waals surface area contributed by atoms with E-state index < -0.39 is 5.97 Å². The van der Waals surface area contributed by atoms with Crippen molar-refractivity contribution in [2.24, 2.45) is 17.8 Å². The standard InChI is InChI=1S/C14H22O3/c1-3-15-14(16-4-2)9-12-11-7-5-6-10(11)8-13(12)17-14/h8,10-12H,3-7,9H2,1-2H3/t10-,11-,12+/m0/s1. The normalized spacial score (nSPS) is 37.5. The summed E-state index contributed by atoms with van der Waals surface area (Å²) in [7, 11) is 0. The van der Waals surface area contributed by atoms with Crippen molar-refractivity contribution in [1.29, 1.82) is 0 Å². The van der Waals surface area contributed by atoms with Crippen LogP contribution in [0.3, 0.4) is 0 Å². The van der Waals surface area contributed by atoms with Crippen molar-refractivity contribution in [1.82, 2.24) is 0 Å². The molecule has 0 bridgehead atoms. The fourth-order valence-electron chi connectivity index (χ4n) is 3.78. The van der Waals surface area contributed by atoms with Gasteiger partial charge in [0.05, 0.1) is 19.6 Å². The molecule has 0 spiro atoms. The summed E-state index contributed by atoms with van der Waals surface area (Å²) in [6.45, 7) is 5.25. The fraction of sp³-hybridized carbons (Fsp3) is 0.857. The maximum atomic E-state index is 6.01. The van der Waals surface area contributed by atoms with Crippen LogP contribution >= 0.6 is 0 Å². The van der Waals surface area contributed by atoms with Gasteiger partial charge < -0.3 is 14.2 Å². The molecule has 3 heteroatoms. The topological polar surface area (TPSA) is 27.7 Å². The van der Waals surface area contributed by atoms with Crippen LogP contribution in [0.5, 0.6) is 0 Å². The van der Waals surface area contributed by atoms with Gasteiger partial charge >= 0.3 is 5.97 Å². The van der Waals surface area contributed by atoms with Gasteiger partial charge in [-0.25, -0.2) is 0 Å². The molecule has 1 heterocycles. The molecule has 96 valence electrons. The van der Waals surface area contributed by atoms with Gasteiger partial charge in [0.1, 0.15) is 5.76 Å². The molecule has 1 saturated heterocycles. The first kappa shape index (κ1) is 11.5. The van der Waals surface area contributed by atoms with E-state index in [9.17, 15) is 0 Å². The zero-order valence-electron chi connectivity index (χ0n) is 10.8. The molecule has 0 amide bonds. The zero-order chi connectivity index (χ0) is 11.9. The third kappa shape index (κ3) is 1.80. The number of rotatable bonds is 4. The van der Waals surface area contributed by atoms with Gasteiger partial charge in [-0.1, -0.05) is 6.42 Å². The largest absolute Gasteiger partial charge is 0.444 e. The molecule has 3 rings (SSSR count). The average Bonchev–Trinajstić information content (AvgIpc) is 2.90. The molecule has 17 heavy (non-hydrogen) atoms. The van der Waals surface area contributed by atoms with Gasteiger partial charge in [0.25, 0.3) is 0 Å². The number of fused-ring (bicyclic) bond motifs is 3. The van der Waals surface area contributed by atoms with Gasteiger partial charge in [-0.05, 0) is 44.6 Å². The predicted molar refractivity (Wildman–Crippen MR) is 64.1 cm³/mol. The van der Waals surface area contributed by atoms with E-state index in [1.165, 1.54) is 19.3 Å². The van der Waals surface area contributed by atoms with Gasteiger partial charge in [-0.15, -0.1) is 0 Å². The summed E-state index contributed by atoms with van der Waals surface area (Å²) >= 11 is 0. The Balaban J connectivity index is 1.78. The zero-order valence-corrected chi connectivity index (χ0v) is 10.8. The van der Waals surface area contributed by atoms with Crippen molar-refractivity contribution in [2.75, 3.05) is 13.2 Å². The van der Waals surface area contributed by atoms with Crippen LogP contribution in [0.15, 0.2) is 11.8 Å². The number of hydrogen-bond acceptors (Lipinski definition) is 3. The first-order valence-corrected chi connectivity index (χ1v) is 6.96. The van der Waals surface area contributed by atoms with Crippen molar-refractivity contribution >= 4 is 0 Å². The molecule has 0 aromatic rings. The highest BCUT2D eigenvalue weighted by Crippen LogP contribution is 2.55.